The quantitative estimate of drug-likeness (QED) is 0.825. The number of rotatable bonds is 5. The van der Waals surface area contributed by atoms with Gasteiger partial charge >= 0.3 is 0 Å². The summed E-state index contributed by atoms with van der Waals surface area (Å²) in [6, 6.07) is 11.1. The first-order valence-electron chi connectivity index (χ1n) is 6.11. The van der Waals surface area contributed by atoms with Crippen LogP contribution in [0.4, 0.5) is 0 Å². The Balaban J connectivity index is 2.01. The summed E-state index contributed by atoms with van der Waals surface area (Å²) in [5.41, 5.74) is 2.63. The molecule has 1 aromatic heterocycles. The van der Waals surface area contributed by atoms with Gasteiger partial charge in [0, 0.05) is 16.7 Å². The summed E-state index contributed by atoms with van der Waals surface area (Å²) >= 11 is 1.83. The normalized spacial score (nSPS) is 12.6. The van der Waals surface area contributed by atoms with E-state index in [0.717, 1.165) is 11.5 Å². The first-order valence-corrected chi connectivity index (χ1v) is 7.10. The number of aryl methyl sites for hydroxylation is 2. The molecule has 0 fully saturated rings. The van der Waals surface area contributed by atoms with E-state index in [4.69, 9.17) is 4.42 Å². The fraction of sp³-hybridized carbons (Fsp3) is 0.333. The van der Waals surface area contributed by atoms with Crippen molar-refractivity contribution in [2.75, 3.05) is 12.8 Å². The van der Waals surface area contributed by atoms with Crippen molar-refractivity contribution in [3.05, 3.63) is 53.5 Å². The molecule has 0 radical (unpaired) electrons. The maximum atomic E-state index is 5.31. The number of furan rings is 1. The van der Waals surface area contributed by atoms with Gasteiger partial charge in [-0.1, -0.05) is 29.8 Å². The molecule has 1 unspecified atom stereocenters. The monoisotopic (exact) mass is 261 g/mol. The third-order valence-corrected chi connectivity index (χ3v) is 4.28. The molecule has 2 rings (SSSR count). The highest BCUT2D eigenvalue weighted by Gasteiger charge is 2.11. The third kappa shape index (κ3) is 3.18. The van der Waals surface area contributed by atoms with Crippen molar-refractivity contribution in [3.63, 3.8) is 0 Å². The molecule has 3 heteroatoms. The Labute approximate surface area is 113 Å². The highest BCUT2D eigenvalue weighted by molar-refractivity contribution is 7.99. The minimum Gasteiger partial charge on any atom is -0.468 e. The summed E-state index contributed by atoms with van der Waals surface area (Å²) in [4.78, 5) is 1.22. The second kappa shape index (κ2) is 6.12. The van der Waals surface area contributed by atoms with Gasteiger partial charge in [0.2, 0.25) is 0 Å². The molecular formula is C15H19NOS. The minimum absolute atomic E-state index is 0.366. The molecule has 0 saturated carbocycles. The van der Waals surface area contributed by atoms with E-state index in [1.165, 1.54) is 16.0 Å². The van der Waals surface area contributed by atoms with E-state index < -0.39 is 0 Å². The van der Waals surface area contributed by atoms with Crippen molar-refractivity contribution in [1.82, 2.24) is 5.32 Å². The Bertz CT molecular complexity index is 489. The standard InChI is InChI=1S/C15H19NOS/c1-11-4-6-13(7-5-11)14(16-3)10-18-15-8-9-17-12(15)2/h4-9,14,16H,10H2,1-3H3. The predicted molar refractivity (Wildman–Crippen MR) is 77.1 cm³/mol. The van der Waals surface area contributed by atoms with Gasteiger partial charge in [0.1, 0.15) is 5.76 Å². The summed E-state index contributed by atoms with van der Waals surface area (Å²) in [7, 11) is 2.01. The number of hydrogen-bond donors (Lipinski definition) is 1. The van der Waals surface area contributed by atoms with Crippen LogP contribution in [0.2, 0.25) is 0 Å². The van der Waals surface area contributed by atoms with Crippen LogP contribution in [0.25, 0.3) is 0 Å². The van der Waals surface area contributed by atoms with Crippen molar-refractivity contribution in [3.8, 4) is 0 Å². The van der Waals surface area contributed by atoms with Crippen LogP contribution in [0, 0.1) is 13.8 Å². The Kier molecular flexibility index (Phi) is 4.50. The first kappa shape index (κ1) is 13.2. The predicted octanol–water partition coefficient (Wildman–Crippen LogP) is 3.95. The van der Waals surface area contributed by atoms with Crippen molar-refractivity contribution >= 4 is 11.8 Å². The number of benzene rings is 1. The number of thioether (sulfide) groups is 1. The lowest BCUT2D eigenvalue weighted by atomic mass is 10.1. The summed E-state index contributed by atoms with van der Waals surface area (Å²) in [6.45, 7) is 4.12. The van der Waals surface area contributed by atoms with E-state index in [2.05, 4.69) is 36.5 Å². The molecule has 0 saturated heterocycles. The Morgan fingerprint density at radius 1 is 1.17 bits per heavy atom. The topological polar surface area (TPSA) is 25.2 Å². The molecule has 1 atom stereocenters. The minimum atomic E-state index is 0.366. The Morgan fingerprint density at radius 2 is 1.89 bits per heavy atom. The van der Waals surface area contributed by atoms with E-state index in [1.807, 2.05) is 31.8 Å². The zero-order valence-corrected chi connectivity index (χ0v) is 11.9. The lowest BCUT2D eigenvalue weighted by Crippen LogP contribution is -2.18. The van der Waals surface area contributed by atoms with Gasteiger partial charge in [-0.3, -0.25) is 0 Å². The highest BCUT2D eigenvalue weighted by atomic mass is 32.2. The average Bonchev–Trinajstić information content (AvgIpc) is 2.78. The second-order valence-electron chi connectivity index (χ2n) is 4.40. The molecule has 0 amide bonds. The van der Waals surface area contributed by atoms with Crippen LogP contribution in [-0.2, 0) is 0 Å². The number of nitrogens with one attached hydrogen (secondary N) is 1. The van der Waals surface area contributed by atoms with Gasteiger partial charge in [0.15, 0.2) is 0 Å². The van der Waals surface area contributed by atoms with Crippen LogP contribution in [0.3, 0.4) is 0 Å². The van der Waals surface area contributed by atoms with Crippen molar-refractivity contribution in [2.24, 2.45) is 0 Å². The molecule has 2 nitrogen and oxygen atoms in total. The third-order valence-electron chi connectivity index (χ3n) is 3.04. The zero-order chi connectivity index (χ0) is 13.0. The van der Waals surface area contributed by atoms with Gasteiger partial charge in [-0.25, -0.2) is 0 Å². The van der Waals surface area contributed by atoms with Gasteiger partial charge in [-0.2, -0.15) is 0 Å². The van der Waals surface area contributed by atoms with Crippen molar-refractivity contribution < 1.29 is 4.42 Å². The Hall–Kier alpha value is -1.19. The second-order valence-corrected chi connectivity index (χ2v) is 5.47. The molecule has 0 spiro atoms. The molecule has 0 aliphatic rings. The van der Waals surface area contributed by atoms with Gasteiger partial charge in [-0.15, -0.1) is 11.8 Å². The molecule has 1 N–H and O–H groups in total. The van der Waals surface area contributed by atoms with E-state index >= 15 is 0 Å². The van der Waals surface area contributed by atoms with E-state index in [9.17, 15) is 0 Å². The van der Waals surface area contributed by atoms with Gasteiger partial charge in [0.05, 0.1) is 6.26 Å². The number of hydrogen-bond acceptors (Lipinski definition) is 3. The van der Waals surface area contributed by atoms with E-state index in [-0.39, 0.29) is 0 Å². The maximum Gasteiger partial charge on any atom is 0.114 e. The molecule has 2 aromatic rings. The Morgan fingerprint density at radius 3 is 2.44 bits per heavy atom. The largest absolute Gasteiger partial charge is 0.468 e. The van der Waals surface area contributed by atoms with Crippen LogP contribution >= 0.6 is 11.8 Å². The van der Waals surface area contributed by atoms with Crippen LogP contribution in [0.1, 0.15) is 22.9 Å². The average molecular weight is 261 g/mol. The van der Waals surface area contributed by atoms with Crippen molar-refractivity contribution in [1.29, 1.82) is 0 Å². The highest BCUT2D eigenvalue weighted by Crippen LogP contribution is 2.27. The van der Waals surface area contributed by atoms with E-state index in [1.54, 1.807) is 6.26 Å². The van der Waals surface area contributed by atoms with Crippen LogP contribution in [0.5, 0.6) is 0 Å². The zero-order valence-electron chi connectivity index (χ0n) is 11.1. The van der Waals surface area contributed by atoms with Crippen molar-refractivity contribution in [2.45, 2.75) is 24.8 Å². The fourth-order valence-corrected chi connectivity index (χ4v) is 2.95. The fourth-order valence-electron chi connectivity index (χ4n) is 1.84. The summed E-state index contributed by atoms with van der Waals surface area (Å²) < 4.78 is 5.31. The van der Waals surface area contributed by atoms with Gasteiger partial charge in [-0.05, 0) is 32.5 Å². The summed E-state index contributed by atoms with van der Waals surface area (Å²) in [5.74, 6) is 2.00. The molecule has 1 heterocycles. The summed E-state index contributed by atoms with van der Waals surface area (Å²) in [5, 5.41) is 3.37. The molecular weight excluding hydrogens is 242 g/mol. The lowest BCUT2D eigenvalue weighted by molar-refractivity contribution is 0.526. The molecule has 0 bridgehead atoms. The SMILES string of the molecule is CNC(CSc1ccoc1C)c1ccc(C)cc1. The summed E-state index contributed by atoms with van der Waals surface area (Å²) in [6.07, 6.45) is 1.75. The molecule has 96 valence electrons. The van der Waals surface area contributed by atoms with Gasteiger partial charge in [0.25, 0.3) is 0 Å². The first-order chi connectivity index (χ1) is 8.70. The smallest absolute Gasteiger partial charge is 0.114 e. The van der Waals surface area contributed by atoms with Crippen LogP contribution < -0.4 is 5.32 Å². The lowest BCUT2D eigenvalue weighted by Gasteiger charge is -2.16. The van der Waals surface area contributed by atoms with Crippen LogP contribution in [0.15, 0.2) is 45.9 Å². The van der Waals surface area contributed by atoms with Crippen LogP contribution in [-0.4, -0.2) is 12.8 Å². The van der Waals surface area contributed by atoms with E-state index in [0.29, 0.717) is 6.04 Å². The maximum absolute atomic E-state index is 5.31. The molecule has 1 aromatic carbocycles. The molecule has 0 aliphatic heterocycles. The van der Waals surface area contributed by atoms with Gasteiger partial charge < -0.3 is 9.73 Å². The molecule has 0 aliphatic carbocycles. The molecule has 18 heavy (non-hydrogen) atoms.